The van der Waals surface area contributed by atoms with Crippen molar-refractivity contribution in [2.75, 3.05) is 18.0 Å². The topological polar surface area (TPSA) is 62.9 Å². The van der Waals surface area contributed by atoms with Crippen molar-refractivity contribution in [3.8, 4) is 0 Å². The molecule has 1 aromatic heterocycles. The molecule has 35 heavy (non-hydrogen) atoms. The highest BCUT2D eigenvalue weighted by Gasteiger charge is 2.30. The first-order valence-corrected chi connectivity index (χ1v) is 12.7. The number of hydrogen-bond acceptors (Lipinski definition) is 5. The second-order valence-electron chi connectivity index (χ2n) is 8.61. The van der Waals surface area contributed by atoms with Gasteiger partial charge in [0.1, 0.15) is 11.4 Å². The van der Waals surface area contributed by atoms with E-state index < -0.39 is 0 Å². The lowest BCUT2D eigenvalue weighted by atomic mass is 10.0. The van der Waals surface area contributed by atoms with E-state index >= 15 is 0 Å². The quantitative estimate of drug-likeness (QED) is 0.392. The Kier molecular flexibility index (Phi) is 7.51. The molecule has 7 heteroatoms. The fourth-order valence-electron chi connectivity index (χ4n) is 4.50. The number of hydrogen-bond donors (Lipinski definition) is 0. The number of nitrogens with zero attached hydrogens (tertiary/aromatic N) is 5. The molecule has 182 valence electrons. The maximum atomic E-state index is 13.4. The maximum absolute atomic E-state index is 13.4. The number of halogens is 1. The number of benzene rings is 2. The Hall–Kier alpha value is -3.25. The van der Waals surface area contributed by atoms with Gasteiger partial charge in [-0.3, -0.25) is 4.79 Å². The SMILES string of the molecule is CCCc1nc2n(c(=O)c1CC)N=C(c1ccccc1Cl)C2=Nc1ccc(N(CC)CC)cc1C. The Bertz CT molecular complexity index is 1370. The van der Waals surface area contributed by atoms with Gasteiger partial charge in [0.2, 0.25) is 0 Å². The van der Waals surface area contributed by atoms with Crippen molar-refractivity contribution in [2.45, 2.75) is 53.9 Å². The summed E-state index contributed by atoms with van der Waals surface area (Å²) in [6.07, 6.45) is 2.24. The van der Waals surface area contributed by atoms with Gasteiger partial charge in [-0.15, -0.1) is 0 Å². The standard InChI is InChI=1S/C28H32ClN5O/c1-6-12-24-20(7-2)28(35)34-27(31-24)26(25(32-34)21-13-10-11-14-22(21)29)30-23-16-15-19(17-18(23)5)33(8-3)9-4/h10-11,13-17H,6-9,12H2,1-5H3. The molecule has 0 fully saturated rings. The van der Waals surface area contributed by atoms with Crippen LogP contribution >= 0.6 is 11.6 Å². The molecule has 1 aliphatic heterocycles. The molecule has 0 aliphatic carbocycles. The third kappa shape index (κ3) is 4.67. The van der Waals surface area contributed by atoms with Crippen LogP contribution in [0.3, 0.4) is 0 Å². The van der Waals surface area contributed by atoms with E-state index in [0.29, 0.717) is 34.3 Å². The predicted molar refractivity (Wildman–Crippen MR) is 146 cm³/mol. The Morgan fingerprint density at radius 2 is 1.80 bits per heavy atom. The van der Waals surface area contributed by atoms with Crippen molar-refractivity contribution >= 4 is 34.4 Å². The van der Waals surface area contributed by atoms with Crippen LogP contribution < -0.4 is 10.5 Å². The van der Waals surface area contributed by atoms with E-state index in [-0.39, 0.29) is 5.56 Å². The maximum Gasteiger partial charge on any atom is 0.277 e. The predicted octanol–water partition coefficient (Wildman–Crippen LogP) is 5.95. The van der Waals surface area contributed by atoms with Crippen LogP contribution in [0, 0.1) is 6.92 Å². The van der Waals surface area contributed by atoms with E-state index in [0.717, 1.165) is 54.1 Å². The average molecular weight is 490 g/mol. The van der Waals surface area contributed by atoms with Gasteiger partial charge in [0, 0.05) is 29.9 Å². The van der Waals surface area contributed by atoms with Crippen molar-refractivity contribution in [1.82, 2.24) is 9.66 Å². The molecule has 0 unspecified atom stereocenters. The van der Waals surface area contributed by atoms with E-state index in [1.54, 1.807) is 0 Å². The molecular weight excluding hydrogens is 458 g/mol. The van der Waals surface area contributed by atoms with Gasteiger partial charge in [-0.2, -0.15) is 9.78 Å². The van der Waals surface area contributed by atoms with Crippen LogP contribution in [0.5, 0.6) is 0 Å². The first kappa shape index (κ1) is 24.9. The smallest absolute Gasteiger partial charge is 0.277 e. The van der Waals surface area contributed by atoms with Crippen molar-refractivity contribution in [3.05, 3.63) is 86.0 Å². The number of aryl methyl sites for hydroxylation is 2. The third-order valence-electron chi connectivity index (χ3n) is 6.39. The molecule has 0 N–H and O–H groups in total. The van der Waals surface area contributed by atoms with E-state index in [1.807, 2.05) is 37.3 Å². The summed E-state index contributed by atoms with van der Waals surface area (Å²) in [6.45, 7) is 12.3. The number of fused-ring (bicyclic) bond motifs is 1. The lowest BCUT2D eigenvalue weighted by Crippen LogP contribution is -2.27. The summed E-state index contributed by atoms with van der Waals surface area (Å²) in [5.41, 5.74) is 6.26. The Balaban J connectivity index is 1.94. The summed E-state index contributed by atoms with van der Waals surface area (Å²) in [6, 6.07) is 13.8. The highest BCUT2D eigenvalue weighted by Crippen LogP contribution is 2.28. The lowest BCUT2D eigenvalue weighted by molar-refractivity contribution is 0.740. The molecule has 0 saturated carbocycles. The summed E-state index contributed by atoms with van der Waals surface area (Å²) in [7, 11) is 0. The molecular formula is C28H32ClN5O. The monoisotopic (exact) mass is 489 g/mol. The molecule has 2 heterocycles. The molecule has 0 amide bonds. The fourth-order valence-corrected chi connectivity index (χ4v) is 4.72. The zero-order valence-corrected chi connectivity index (χ0v) is 21.9. The van der Waals surface area contributed by atoms with Crippen LogP contribution in [-0.4, -0.2) is 34.2 Å². The zero-order valence-electron chi connectivity index (χ0n) is 21.1. The van der Waals surface area contributed by atoms with E-state index in [1.165, 1.54) is 4.68 Å². The molecule has 6 nitrogen and oxygen atoms in total. The van der Waals surface area contributed by atoms with Gasteiger partial charge in [0.05, 0.1) is 16.4 Å². The molecule has 3 aromatic rings. The van der Waals surface area contributed by atoms with Crippen LogP contribution in [0.1, 0.15) is 62.3 Å². The van der Waals surface area contributed by atoms with Crippen LogP contribution in [0.4, 0.5) is 11.4 Å². The van der Waals surface area contributed by atoms with Gasteiger partial charge < -0.3 is 4.90 Å². The largest absolute Gasteiger partial charge is 0.372 e. The van der Waals surface area contributed by atoms with Crippen molar-refractivity contribution in [3.63, 3.8) is 0 Å². The van der Waals surface area contributed by atoms with E-state index in [4.69, 9.17) is 26.7 Å². The molecule has 0 saturated heterocycles. The van der Waals surface area contributed by atoms with Gasteiger partial charge in [0.15, 0.2) is 5.82 Å². The molecule has 4 rings (SSSR count). The first-order valence-electron chi connectivity index (χ1n) is 12.4. The van der Waals surface area contributed by atoms with Crippen LogP contribution in [0.15, 0.2) is 57.4 Å². The summed E-state index contributed by atoms with van der Waals surface area (Å²) in [4.78, 5) is 25.7. The summed E-state index contributed by atoms with van der Waals surface area (Å²) < 4.78 is 1.40. The van der Waals surface area contributed by atoms with Gasteiger partial charge >= 0.3 is 0 Å². The van der Waals surface area contributed by atoms with Gasteiger partial charge in [0.25, 0.3) is 5.56 Å². The fraction of sp³-hybridized carbons (Fsp3) is 0.357. The summed E-state index contributed by atoms with van der Waals surface area (Å²) in [5.74, 6) is 0.470. The Morgan fingerprint density at radius 1 is 1.06 bits per heavy atom. The number of aromatic nitrogens is 2. The van der Waals surface area contributed by atoms with Crippen LogP contribution in [0.2, 0.25) is 5.02 Å². The minimum absolute atomic E-state index is 0.135. The minimum Gasteiger partial charge on any atom is -0.372 e. The lowest BCUT2D eigenvalue weighted by Gasteiger charge is -2.21. The molecule has 0 atom stereocenters. The molecule has 2 aromatic carbocycles. The minimum atomic E-state index is -0.135. The van der Waals surface area contributed by atoms with Crippen LogP contribution in [0.25, 0.3) is 0 Å². The first-order chi connectivity index (χ1) is 16.9. The average Bonchev–Trinajstić information content (AvgIpc) is 3.20. The van der Waals surface area contributed by atoms with Gasteiger partial charge in [-0.25, -0.2) is 9.98 Å². The summed E-state index contributed by atoms with van der Waals surface area (Å²) >= 11 is 6.56. The van der Waals surface area contributed by atoms with E-state index in [9.17, 15) is 4.79 Å². The number of aliphatic imine (C=N–C) groups is 1. The Morgan fingerprint density at radius 3 is 2.43 bits per heavy atom. The molecule has 0 bridgehead atoms. The highest BCUT2D eigenvalue weighted by molar-refractivity contribution is 6.56. The van der Waals surface area contributed by atoms with Crippen molar-refractivity contribution in [2.24, 2.45) is 10.1 Å². The second-order valence-corrected chi connectivity index (χ2v) is 9.02. The van der Waals surface area contributed by atoms with Crippen molar-refractivity contribution in [1.29, 1.82) is 0 Å². The van der Waals surface area contributed by atoms with Crippen molar-refractivity contribution < 1.29 is 0 Å². The number of anilines is 1. The van der Waals surface area contributed by atoms with Gasteiger partial charge in [-0.05, 0) is 63.4 Å². The van der Waals surface area contributed by atoms with E-state index in [2.05, 4.69) is 44.7 Å². The molecule has 0 radical (unpaired) electrons. The van der Waals surface area contributed by atoms with Gasteiger partial charge in [-0.1, -0.05) is 50.1 Å². The molecule has 0 spiro atoms. The third-order valence-corrected chi connectivity index (χ3v) is 6.72. The Labute approximate surface area is 212 Å². The normalized spacial score (nSPS) is 13.8. The summed E-state index contributed by atoms with van der Waals surface area (Å²) in [5, 5.41) is 5.26. The van der Waals surface area contributed by atoms with Crippen LogP contribution in [-0.2, 0) is 12.8 Å². The molecule has 1 aliphatic rings. The zero-order chi connectivity index (χ0) is 25.1. The highest BCUT2D eigenvalue weighted by atomic mass is 35.5. The second kappa shape index (κ2) is 10.6. The number of rotatable bonds is 8.